The highest BCUT2D eigenvalue weighted by molar-refractivity contribution is 7.89. The average molecular weight is 313 g/mol. The van der Waals surface area contributed by atoms with Crippen molar-refractivity contribution in [3.05, 3.63) is 23.8 Å². The molecular weight excluding hydrogens is 290 g/mol. The molecule has 1 aromatic rings. The van der Waals surface area contributed by atoms with Crippen LogP contribution in [0.4, 0.5) is 0 Å². The van der Waals surface area contributed by atoms with Crippen molar-refractivity contribution < 1.29 is 18.3 Å². The SMILES string of the molecule is CCOc1ccc(S(=O)(=O)NCC(C)C2CC2)cc1CO. The zero-order chi connectivity index (χ0) is 15.5. The van der Waals surface area contributed by atoms with Crippen LogP contribution >= 0.6 is 0 Å². The highest BCUT2D eigenvalue weighted by Crippen LogP contribution is 2.36. The van der Waals surface area contributed by atoms with E-state index in [2.05, 4.69) is 11.6 Å². The largest absolute Gasteiger partial charge is 0.494 e. The summed E-state index contributed by atoms with van der Waals surface area (Å²) in [6, 6.07) is 4.57. The van der Waals surface area contributed by atoms with E-state index in [1.165, 1.54) is 25.0 Å². The van der Waals surface area contributed by atoms with Crippen molar-refractivity contribution in [2.45, 2.75) is 38.2 Å². The van der Waals surface area contributed by atoms with E-state index in [1.807, 2.05) is 6.92 Å². The summed E-state index contributed by atoms with van der Waals surface area (Å²) in [5, 5.41) is 9.34. The molecule has 6 heteroatoms. The monoisotopic (exact) mass is 313 g/mol. The maximum Gasteiger partial charge on any atom is 0.240 e. The zero-order valence-corrected chi connectivity index (χ0v) is 13.3. The van der Waals surface area contributed by atoms with E-state index in [1.54, 1.807) is 6.07 Å². The Kier molecular flexibility index (Phi) is 5.24. The van der Waals surface area contributed by atoms with Gasteiger partial charge in [-0.25, -0.2) is 13.1 Å². The average Bonchev–Trinajstić information content (AvgIpc) is 3.30. The molecule has 1 aromatic carbocycles. The van der Waals surface area contributed by atoms with Gasteiger partial charge in [0.1, 0.15) is 5.75 Å². The van der Waals surface area contributed by atoms with Crippen molar-refractivity contribution in [2.75, 3.05) is 13.2 Å². The number of sulfonamides is 1. The first-order valence-electron chi connectivity index (χ1n) is 7.34. The summed E-state index contributed by atoms with van der Waals surface area (Å²) in [5.74, 6) is 1.53. The normalized spacial score (nSPS) is 16.7. The minimum atomic E-state index is -3.54. The first-order valence-corrected chi connectivity index (χ1v) is 8.82. The van der Waals surface area contributed by atoms with E-state index in [-0.39, 0.29) is 11.5 Å². The van der Waals surface area contributed by atoms with Crippen LogP contribution in [0, 0.1) is 11.8 Å². The Morgan fingerprint density at radius 1 is 1.43 bits per heavy atom. The Balaban J connectivity index is 2.11. The number of aliphatic hydroxyl groups is 1. The van der Waals surface area contributed by atoms with Crippen molar-refractivity contribution in [3.8, 4) is 5.75 Å². The van der Waals surface area contributed by atoms with Gasteiger partial charge in [0.25, 0.3) is 0 Å². The lowest BCUT2D eigenvalue weighted by Crippen LogP contribution is -2.29. The molecule has 1 atom stereocenters. The summed E-state index contributed by atoms with van der Waals surface area (Å²) in [7, 11) is -3.54. The smallest absolute Gasteiger partial charge is 0.240 e. The molecule has 0 heterocycles. The lowest BCUT2D eigenvalue weighted by molar-refractivity contribution is 0.266. The zero-order valence-electron chi connectivity index (χ0n) is 12.5. The fraction of sp³-hybridized carbons (Fsp3) is 0.600. The third-order valence-corrected chi connectivity index (χ3v) is 5.26. The summed E-state index contributed by atoms with van der Waals surface area (Å²) in [6.45, 7) is 4.58. The predicted molar refractivity (Wildman–Crippen MR) is 80.6 cm³/mol. The molecule has 0 aromatic heterocycles. The molecule has 21 heavy (non-hydrogen) atoms. The second kappa shape index (κ2) is 6.77. The van der Waals surface area contributed by atoms with Gasteiger partial charge in [-0.1, -0.05) is 6.92 Å². The molecule has 2 N–H and O–H groups in total. The van der Waals surface area contributed by atoms with E-state index in [0.29, 0.717) is 36.3 Å². The second-order valence-corrected chi connectivity index (χ2v) is 7.29. The minimum absolute atomic E-state index is 0.165. The molecule has 0 saturated heterocycles. The molecule has 0 amide bonds. The predicted octanol–water partition coefficient (Wildman–Crippen LogP) is 1.90. The summed E-state index contributed by atoms with van der Waals surface area (Å²) in [4.78, 5) is 0.165. The van der Waals surface area contributed by atoms with Gasteiger partial charge in [0, 0.05) is 12.1 Å². The van der Waals surface area contributed by atoms with Gasteiger partial charge in [0.05, 0.1) is 18.1 Å². The molecule has 2 rings (SSSR count). The van der Waals surface area contributed by atoms with Crippen LogP contribution in [-0.2, 0) is 16.6 Å². The Bertz CT molecular complexity index is 581. The van der Waals surface area contributed by atoms with Crippen molar-refractivity contribution in [1.29, 1.82) is 0 Å². The van der Waals surface area contributed by atoms with Crippen molar-refractivity contribution in [3.63, 3.8) is 0 Å². The fourth-order valence-electron chi connectivity index (χ4n) is 2.30. The van der Waals surface area contributed by atoms with Gasteiger partial charge in [-0.2, -0.15) is 0 Å². The molecule has 1 aliphatic carbocycles. The van der Waals surface area contributed by atoms with E-state index in [9.17, 15) is 13.5 Å². The third kappa shape index (κ3) is 4.18. The molecule has 0 aliphatic heterocycles. The molecule has 1 aliphatic rings. The highest BCUT2D eigenvalue weighted by atomic mass is 32.2. The standard InChI is InChI=1S/C15H23NO4S/c1-3-20-15-7-6-14(8-13(15)10-17)21(18,19)16-9-11(2)12-4-5-12/h6-8,11-12,16-17H,3-5,9-10H2,1-2H3. The first-order chi connectivity index (χ1) is 9.97. The number of hydrogen-bond donors (Lipinski definition) is 2. The molecular formula is C15H23NO4S. The van der Waals surface area contributed by atoms with Crippen LogP contribution in [0.1, 0.15) is 32.3 Å². The summed E-state index contributed by atoms with van der Waals surface area (Å²) in [6.07, 6.45) is 2.39. The van der Waals surface area contributed by atoms with Crippen LogP contribution in [0.25, 0.3) is 0 Å². The summed E-state index contributed by atoms with van der Waals surface area (Å²) < 4.78 is 32.6. The number of rotatable bonds is 8. The van der Waals surface area contributed by atoms with Crippen LogP contribution in [0.15, 0.2) is 23.1 Å². The third-order valence-electron chi connectivity index (χ3n) is 3.83. The molecule has 0 spiro atoms. The fourth-order valence-corrected chi connectivity index (χ4v) is 3.49. The second-order valence-electron chi connectivity index (χ2n) is 5.53. The van der Waals surface area contributed by atoms with Crippen LogP contribution < -0.4 is 9.46 Å². The van der Waals surface area contributed by atoms with Gasteiger partial charge in [0.2, 0.25) is 10.0 Å². The number of aliphatic hydroxyl groups excluding tert-OH is 1. The molecule has 1 unspecified atom stereocenters. The number of benzene rings is 1. The van der Waals surface area contributed by atoms with Gasteiger partial charge in [-0.05, 0) is 49.8 Å². The molecule has 1 fully saturated rings. The van der Waals surface area contributed by atoms with Gasteiger partial charge < -0.3 is 9.84 Å². The Labute approximate surface area is 126 Å². The van der Waals surface area contributed by atoms with Crippen LogP contribution in [0.3, 0.4) is 0 Å². The van der Waals surface area contributed by atoms with Crippen LogP contribution in [0.2, 0.25) is 0 Å². The first kappa shape index (κ1) is 16.3. The topological polar surface area (TPSA) is 75.6 Å². The van der Waals surface area contributed by atoms with Gasteiger partial charge >= 0.3 is 0 Å². The maximum absolute atomic E-state index is 12.3. The summed E-state index contributed by atoms with van der Waals surface area (Å²) >= 11 is 0. The number of ether oxygens (including phenoxy) is 1. The minimum Gasteiger partial charge on any atom is -0.494 e. The van der Waals surface area contributed by atoms with E-state index >= 15 is 0 Å². The van der Waals surface area contributed by atoms with E-state index < -0.39 is 10.0 Å². The van der Waals surface area contributed by atoms with Crippen molar-refractivity contribution >= 4 is 10.0 Å². The highest BCUT2D eigenvalue weighted by Gasteiger charge is 2.29. The van der Waals surface area contributed by atoms with Crippen molar-refractivity contribution in [1.82, 2.24) is 4.72 Å². The summed E-state index contributed by atoms with van der Waals surface area (Å²) in [5.41, 5.74) is 0.481. The number of nitrogens with one attached hydrogen (secondary N) is 1. The van der Waals surface area contributed by atoms with Gasteiger partial charge in [-0.3, -0.25) is 0 Å². The van der Waals surface area contributed by atoms with Gasteiger partial charge in [-0.15, -0.1) is 0 Å². The quantitative estimate of drug-likeness (QED) is 0.768. The van der Waals surface area contributed by atoms with E-state index in [4.69, 9.17) is 4.74 Å². The van der Waals surface area contributed by atoms with E-state index in [0.717, 1.165) is 0 Å². The molecule has 118 valence electrons. The van der Waals surface area contributed by atoms with Crippen LogP contribution in [-0.4, -0.2) is 26.7 Å². The lowest BCUT2D eigenvalue weighted by Gasteiger charge is -2.14. The molecule has 0 bridgehead atoms. The lowest BCUT2D eigenvalue weighted by atomic mass is 10.1. The number of hydrogen-bond acceptors (Lipinski definition) is 4. The molecule has 5 nitrogen and oxygen atoms in total. The Hall–Kier alpha value is -1.11. The molecule has 1 saturated carbocycles. The van der Waals surface area contributed by atoms with Gasteiger partial charge in [0.15, 0.2) is 0 Å². The Morgan fingerprint density at radius 3 is 2.71 bits per heavy atom. The van der Waals surface area contributed by atoms with Crippen molar-refractivity contribution in [2.24, 2.45) is 11.8 Å². The Morgan fingerprint density at radius 2 is 2.14 bits per heavy atom. The van der Waals surface area contributed by atoms with Crippen LogP contribution in [0.5, 0.6) is 5.75 Å². The maximum atomic E-state index is 12.3. The molecule has 0 radical (unpaired) electrons.